The highest BCUT2D eigenvalue weighted by Gasteiger charge is 2.32. The highest BCUT2D eigenvalue weighted by molar-refractivity contribution is 5.88. The molecule has 1 aromatic heterocycles. The van der Waals surface area contributed by atoms with Crippen LogP contribution in [0, 0.1) is 0 Å². The molecule has 1 unspecified atom stereocenters. The summed E-state index contributed by atoms with van der Waals surface area (Å²) in [7, 11) is 0. The van der Waals surface area contributed by atoms with Crippen molar-refractivity contribution in [1.29, 1.82) is 0 Å². The molecule has 6 nitrogen and oxygen atoms in total. The number of amides is 1. The number of aromatic nitrogens is 2. The number of carbonyl (C=O) groups excluding carboxylic acids is 1. The average molecular weight is 264 g/mol. The molecule has 1 saturated heterocycles. The zero-order valence-electron chi connectivity index (χ0n) is 9.25. The van der Waals surface area contributed by atoms with Gasteiger partial charge in [0.05, 0.1) is 6.04 Å². The predicted molar refractivity (Wildman–Crippen MR) is 53.6 cm³/mol. The number of hydrogen-bond acceptors (Lipinski definition) is 5. The first-order chi connectivity index (χ1) is 8.44. The van der Waals surface area contributed by atoms with E-state index in [4.69, 9.17) is 4.42 Å². The molecule has 0 radical (unpaired) electrons. The van der Waals surface area contributed by atoms with Crippen molar-refractivity contribution in [2.24, 2.45) is 0 Å². The van der Waals surface area contributed by atoms with Gasteiger partial charge in [0, 0.05) is 0 Å². The van der Waals surface area contributed by atoms with Gasteiger partial charge in [-0.3, -0.25) is 10.1 Å². The van der Waals surface area contributed by atoms with Crippen molar-refractivity contribution < 1.29 is 22.4 Å². The van der Waals surface area contributed by atoms with E-state index in [1.807, 2.05) is 5.32 Å². The van der Waals surface area contributed by atoms with Crippen LogP contribution < -0.4 is 10.6 Å². The predicted octanol–water partition coefficient (Wildman–Crippen LogP) is 1.38. The third-order valence-corrected chi connectivity index (χ3v) is 2.41. The molecule has 0 saturated carbocycles. The third-order valence-electron chi connectivity index (χ3n) is 2.41. The van der Waals surface area contributed by atoms with Crippen LogP contribution in [-0.4, -0.2) is 28.8 Å². The van der Waals surface area contributed by atoms with Gasteiger partial charge in [0.25, 0.3) is 0 Å². The van der Waals surface area contributed by atoms with Gasteiger partial charge in [-0.2, -0.15) is 13.2 Å². The van der Waals surface area contributed by atoms with Crippen molar-refractivity contribution in [1.82, 2.24) is 15.5 Å². The fraction of sp³-hybridized carbons (Fsp3) is 0.667. The van der Waals surface area contributed by atoms with Crippen LogP contribution in [0.15, 0.2) is 4.42 Å². The van der Waals surface area contributed by atoms with Crippen LogP contribution >= 0.6 is 0 Å². The molecule has 1 amide bonds. The quantitative estimate of drug-likeness (QED) is 0.862. The van der Waals surface area contributed by atoms with E-state index in [0.717, 1.165) is 19.4 Å². The van der Waals surface area contributed by atoms with Crippen molar-refractivity contribution in [3.8, 4) is 0 Å². The first kappa shape index (κ1) is 12.8. The number of halogens is 3. The molecule has 100 valence electrons. The lowest BCUT2D eigenvalue weighted by Crippen LogP contribution is -2.21. The maximum absolute atomic E-state index is 11.9. The van der Waals surface area contributed by atoms with Crippen LogP contribution in [0.2, 0.25) is 0 Å². The molecule has 0 aromatic carbocycles. The molecule has 1 aliphatic heterocycles. The number of nitrogens with one attached hydrogen (secondary N) is 2. The average Bonchev–Trinajstić information content (AvgIpc) is 2.82. The minimum absolute atomic E-state index is 0.0919. The molecule has 0 spiro atoms. The van der Waals surface area contributed by atoms with Gasteiger partial charge in [0.15, 0.2) is 0 Å². The first-order valence-electron chi connectivity index (χ1n) is 5.37. The lowest BCUT2D eigenvalue weighted by Gasteiger charge is -2.04. The van der Waals surface area contributed by atoms with Crippen molar-refractivity contribution in [3.05, 3.63) is 5.89 Å². The zero-order chi connectivity index (χ0) is 13.2. The van der Waals surface area contributed by atoms with E-state index < -0.39 is 18.5 Å². The molecular weight excluding hydrogens is 253 g/mol. The van der Waals surface area contributed by atoms with Crippen LogP contribution in [0.3, 0.4) is 0 Å². The van der Waals surface area contributed by atoms with E-state index in [9.17, 15) is 18.0 Å². The normalized spacial score (nSPS) is 20.1. The fourth-order valence-electron chi connectivity index (χ4n) is 1.67. The second-order valence-corrected chi connectivity index (χ2v) is 3.93. The van der Waals surface area contributed by atoms with Gasteiger partial charge in [0.2, 0.25) is 11.8 Å². The van der Waals surface area contributed by atoms with Gasteiger partial charge in [-0.15, -0.1) is 5.10 Å². The molecular formula is C9H11F3N4O2. The van der Waals surface area contributed by atoms with Gasteiger partial charge in [-0.25, -0.2) is 0 Å². The van der Waals surface area contributed by atoms with E-state index in [2.05, 4.69) is 15.5 Å². The molecule has 1 atom stereocenters. The van der Waals surface area contributed by atoms with E-state index in [0.29, 0.717) is 0 Å². The summed E-state index contributed by atoms with van der Waals surface area (Å²) in [5, 5.41) is 12.2. The molecule has 1 aliphatic rings. The number of alkyl halides is 3. The van der Waals surface area contributed by atoms with Crippen LogP contribution in [-0.2, 0) is 4.79 Å². The van der Waals surface area contributed by atoms with Crippen molar-refractivity contribution >= 4 is 11.9 Å². The Balaban J connectivity index is 1.92. The summed E-state index contributed by atoms with van der Waals surface area (Å²) in [5.41, 5.74) is 0. The van der Waals surface area contributed by atoms with Gasteiger partial charge in [-0.05, 0) is 19.4 Å². The second-order valence-electron chi connectivity index (χ2n) is 3.93. The number of nitrogens with zero attached hydrogens (tertiary/aromatic N) is 2. The third kappa shape index (κ3) is 3.42. The molecule has 2 heterocycles. The molecule has 2 N–H and O–H groups in total. The maximum atomic E-state index is 11.9. The Kier molecular flexibility index (Phi) is 3.50. The highest BCUT2D eigenvalue weighted by Crippen LogP contribution is 2.24. The molecule has 0 bridgehead atoms. The molecule has 0 aliphatic carbocycles. The summed E-state index contributed by atoms with van der Waals surface area (Å²) >= 11 is 0. The Labute approximate surface area is 99.9 Å². The minimum Gasteiger partial charge on any atom is -0.406 e. The summed E-state index contributed by atoms with van der Waals surface area (Å²) < 4.78 is 40.8. The summed E-state index contributed by atoms with van der Waals surface area (Å²) in [6.07, 6.45) is -4.35. The molecule has 2 rings (SSSR count). The van der Waals surface area contributed by atoms with E-state index in [1.54, 1.807) is 0 Å². The minimum atomic E-state index is -4.56. The molecule has 9 heteroatoms. The Morgan fingerprint density at radius 1 is 1.50 bits per heavy atom. The molecule has 1 aromatic rings. The van der Waals surface area contributed by atoms with Crippen LogP contribution in [0.5, 0.6) is 0 Å². The summed E-state index contributed by atoms with van der Waals surface area (Å²) in [6.45, 7) is 0.822. The second kappa shape index (κ2) is 4.92. The van der Waals surface area contributed by atoms with Gasteiger partial charge in [0.1, 0.15) is 6.42 Å². The Morgan fingerprint density at radius 2 is 2.28 bits per heavy atom. The summed E-state index contributed by atoms with van der Waals surface area (Å²) in [6, 6.07) is -0.404. The van der Waals surface area contributed by atoms with Crippen molar-refractivity contribution in [3.63, 3.8) is 0 Å². The van der Waals surface area contributed by atoms with Crippen LogP contribution in [0.1, 0.15) is 31.2 Å². The number of anilines is 1. The van der Waals surface area contributed by atoms with Crippen molar-refractivity contribution in [2.75, 3.05) is 11.9 Å². The number of hydrogen-bond donors (Lipinski definition) is 2. The van der Waals surface area contributed by atoms with Gasteiger partial charge >= 0.3 is 12.2 Å². The topological polar surface area (TPSA) is 80.0 Å². The maximum Gasteiger partial charge on any atom is 0.397 e. The van der Waals surface area contributed by atoms with Gasteiger partial charge in [-0.1, -0.05) is 5.10 Å². The Bertz CT molecular complexity index is 426. The standard InChI is InChI=1S/C9H11F3N4O2/c10-9(11,12)4-6(17)14-8-16-15-7(18-8)5-2-1-3-13-5/h5,13H,1-4H2,(H,14,16,17). The first-order valence-corrected chi connectivity index (χ1v) is 5.37. The number of rotatable bonds is 3. The van der Waals surface area contributed by atoms with Crippen LogP contribution in [0.4, 0.5) is 19.2 Å². The summed E-state index contributed by atoms with van der Waals surface area (Å²) in [5.74, 6) is -0.952. The van der Waals surface area contributed by atoms with E-state index in [1.165, 1.54) is 0 Å². The fourth-order valence-corrected chi connectivity index (χ4v) is 1.67. The zero-order valence-corrected chi connectivity index (χ0v) is 9.25. The SMILES string of the molecule is O=C(CC(F)(F)F)Nc1nnc(C2CCCN2)o1. The van der Waals surface area contributed by atoms with E-state index in [-0.39, 0.29) is 17.9 Å². The monoisotopic (exact) mass is 264 g/mol. The smallest absolute Gasteiger partial charge is 0.397 e. The molecule has 18 heavy (non-hydrogen) atoms. The van der Waals surface area contributed by atoms with Crippen molar-refractivity contribution in [2.45, 2.75) is 31.5 Å². The highest BCUT2D eigenvalue weighted by atomic mass is 19.4. The van der Waals surface area contributed by atoms with Crippen LogP contribution in [0.25, 0.3) is 0 Å². The lowest BCUT2D eigenvalue weighted by atomic mass is 10.2. The lowest BCUT2D eigenvalue weighted by molar-refractivity contribution is -0.150. The molecule has 1 fully saturated rings. The summed E-state index contributed by atoms with van der Waals surface area (Å²) in [4.78, 5) is 11.0. The Hall–Kier alpha value is -1.64. The Morgan fingerprint density at radius 3 is 2.89 bits per heavy atom. The number of carbonyl (C=O) groups is 1. The largest absolute Gasteiger partial charge is 0.406 e. The van der Waals surface area contributed by atoms with E-state index >= 15 is 0 Å². The van der Waals surface area contributed by atoms with Gasteiger partial charge < -0.3 is 9.73 Å².